The van der Waals surface area contributed by atoms with Gasteiger partial charge in [-0.2, -0.15) is 0 Å². The predicted molar refractivity (Wildman–Crippen MR) is 145 cm³/mol. The number of piperidine rings is 1. The van der Waals surface area contributed by atoms with Gasteiger partial charge in [-0.05, 0) is 82.0 Å². The van der Waals surface area contributed by atoms with Crippen molar-refractivity contribution in [2.75, 3.05) is 19.7 Å². The van der Waals surface area contributed by atoms with Gasteiger partial charge < -0.3 is 15.4 Å². The zero-order chi connectivity index (χ0) is 25.7. The molecule has 1 atom stereocenters. The topological polar surface area (TPSA) is 57.1 Å². The van der Waals surface area contributed by atoms with Crippen LogP contribution in [0.2, 0.25) is 0 Å². The molecule has 0 spiro atoms. The molecule has 3 rings (SSSR count). The summed E-state index contributed by atoms with van der Waals surface area (Å²) in [6.45, 7) is 12.2. The lowest BCUT2D eigenvalue weighted by Gasteiger charge is -2.40. The van der Waals surface area contributed by atoms with Crippen molar-refractivity contribution in [3.05, 3.63) is 78.1 Å². The van der Waals surface area contributed by atoms with Gasteiger partial charge >= 0.3 is 0 Å². The fraction of sp³-hybridized carbons (Fsp3) is 0.464. The summed E-state index contributed by atoms with van der Waals surface area (Å²) in [5.74, 6) is 0.390. The van der Waals surface area contributed by atoms with E-state index < -0.39 is 16.5 Å². The smallest absolute Gasteiger partial charge is 0.125 e. The fourth-order valence-electron chi connectivity index (χ4n) is 4.15. The van der Waals surface area contributed by atoms with E-state index >= 15 is 0 Å². The van der Waals surface area contributed by atoms with Crippen LogP contribution in [0.1, 0.15) is 58.4 Å². The molecule has 0 radical (unpaired) electrons. The maximum Gasteiger partial charge on any atom is 0.125 e. The molecule has 0 saturated carbocycles. The van der Waals surface area contributed by atoms with Crippen molar-refractivity contribution >= 4 is 16.8 Å². The summed E-state index contributed by atoms with van der Waals surface area (Å²) in [5.41, 5.74) is 1.89. The van der Waals surface area contributed by atoms with Crippen molar-refractivity contribution in [2.45, 2.75) is 57.7 Å². The van der Waals surface area contributed by atoms with Gasteiger partial charge in [0.05, 0.1) is 17.5 Å². The first kappa shape index (κ1) is 28.9. The van der Waals surface area contributed by atoms with Crippen LogP contribution in [0, 0.1) is 11.3 Å². The number of hydrogen-bond acceptors (Lipinski definition) is 5. The Morgan fingerprint density at radius 1 is 1.23 bits per heavy atom. The molecule has 2 aliphatic rings. The van der Waals surface area contributed by atoms with Gasteiger partial charge in [0.1, 0.15) is 16.4 Å². The van der Waals surface area contributed by atoms with Crippen molar-refractivity contribution in [3.8, 4) is 5.75 Å². The third-order valence-corrected chi connectivity index (χ3v) is 7.11. The number of nitrogens with one attached hydrogen (secondary N) is 3. The Morgan fingerprint density at radius 2 is 1.94 bits per heavy atom. The summed E-state index contributed by atoms with van der Waals surface area (Å²) in [5, 5.41) is 15.7. The summed E-state index contributed by atoms with van der Waals surface area (Å²) in [6.07, 6.45) is 9.65. The lowest BCUT2D eigenvalue weighted by atomic mass is 9.92. The molecule has 7 heteroatoms. The van der Waals surface area contributed by atoms with Crippen LogP contribution in [0.5, 0.6) is 5.75 Å². The van der Waals surface area contributed by atoms with E-state index in [-0.39, 0.29) is 5.04 Å². The third kappa shape index (κ3) is 9.30. The number of fused-ring (bicyclic) bond motifs is 1. The van der Waals surface area contributed by atoms with E-state index in [0.717, 1.165) is 55.1 Å². The highest BCUT2D eigenvalue weighted by molar-refractivity contribution is 8.15. The van der Waals surface area contributed by atoms with Crippen LogP contribution >= 0.6 is 11.8 Å². The number of rotatable bonds is 9. The molecule has 1 saturated heterocycles. The van der Waals surface area contributed by atoms with Gasteiger partial charge in [-0.3, -0.25) is 5.41 Å². The lowest BCUT2D eigenvalue weighted by molar-refractivity contribution is 0.243. The monoisotopic (exact) mass is 503 g/mol. The second-order valence-corrected chi connectivity index (χ2v) is 9.83. The number of thioether (sulfide) groups is 1. The highest BCUT2D eigenvalue weighted by Crippen LogP contribution is 2.46. The van der Waals surface area contributed by atoms with Gasteiger partial charge in [0.2, 0.25) is 0 Å². The number of hydrogen-bond donors (Lipinski definition) is 3. The second kappa shape index (κ2) is 14.9. The van der Waals surface area contributed by atoms with Gasteiger partial charge in [0.15, 0.2) is 0 Å². The van der Waals surface area contributed by atoms with Gasteiger partial charge in [0, 0.05) is 17.7 Å². The van der Waals surface area contributed by atoms with Gasteiger partial charge in [-0.25, -0.2) is 8.78 Å². The van der Waals surface area contributed by atoms with E-state index in [0.29, 0.717) is 18.9 Å². The number of benzene rings is 1. The molecule has 0 aromatic heterocycles. The van der Waals surface area contributed by atoms with Gasteiger partial charge in [0.25, 0.3) is 0 Å². The Kier molecular flexibility index (Phi) is 12.3. The third-order valence-electron chi connectivity index (χ3n) is 5.88. The molecule has 1 fully saturated rings. The van der Waals surface area contributed by atoms with Crippen LogP contribution < -0.4 is 15.4 Å². The SMILES string of the molecule is C=C(CCC1CCNCC1)NC1(SC(=N)/C=C/C(F)=C\C=C(/C)F)CCOc2ccccc21.CC. The first-order chi connectivity index (χ1) is 16.9. The Morgan fingerprint density at radius 3 is 2.66 bits per heavy atom. The number of allylic oxidation sites excluding steroid dienone is 6. The molecule has 3 N–H and O–H groups in total. The van der Waals surface area contributed by atoms with Gasteiger partial charge in [-0.15, -0.1) is 0 Å². The zero-order valence-corrected chi connectivity index (χ0v) is 21.9. The van der Waals surface area contributed by atoms with Crippen LogP contribution in [-0.2, 0) is 4.87 Å². The van der Waals surface area contributed by atoms with Crippen molar-refractivity contribution in [1.82, 2.24) is 10.6 Å². The number of ether oxygens (including phenoxy) is 1. The molecule has 0 bridgehead atoms. The quantitative estimate of drug-likeness (QED) is 0.141. The largest absolute Gasteiger partial charge is 0.493 e. The predicted octanol–water partition coefficient (Wildman–Crippen LogP) is 7.52. The first-order valence-corrected chi connectivity index (χ1v) is 13.2. The molecular weight excluding hydrogens is 464 g/mol. The summed E-state index contributed by atoms with van der Waals surface area (Å²) < 4.78 is 32.6. The second-order valence-electron chi connectivity index (χ2n) is 8.49. The van der Waals surface area contributed by atoms with Crippen LogP contribution in [0.3, 0.4) is 0 Å². The Bertz CT molecular complexity index is 934. The van der Waals surface area contributed by atoms with E-state index in [4.69, 9.17) is 10.1 Å². The minimum atomic E-state index is -0.628. The van der Waals surface area contributed by atoms with E-state index in [1.807, 2.05) is 38.1 Å². The Hall–Kier alpha value is -2.38. The molecule has 1 unspecified atom stereocenters. The molecule has 0 amide bonds. The van der Waals surface area contributed by atoms with Gasteiger partial charge in [-0.1, -0.05) is 50.4 Å². The van der Waals surface area contributed by atoms with E-state index in [1.54, 1.807) is 0 Å². The highest BCUT2D eigenvalue weighted by atomic mass is 32.2. The molecule has 1 aromatic rings. The molecule has 192 valence electrons. The summed E-state index contributed by atoms with van der Waals surface area (Å²) in [4.78, 5) is -0.628. The molecular formula is C28H39F2N3OS. The average molecular weight is 504 g/mol. The highest BCUT2D eigenvalue weighted by Gasteiger charge is 2.39. The summed E-state index contributed by atoms with van der Waals surface area (Å²) in [7, 11) is 0. The minimum Gasteiger partial charge on any atom is -0.493 e. The zero-order valence-electron chi connectivity index (χ0n) is 21.1. The molecule has 35 heavy (non-hydrogen) atoms. The Labute approximate surface area is 213 Å². The van der Waals surface area contributed by atoms with Crippen LogP contribution in [0.4, 0.5) is 8.78 Å². The van der Waals surface area contributed by atoms with Crippen LogP contribution in [0.25, 0.3) is 0 Å². The molecule has 1 aromatic carbocycles. The van der Waals surface area contributed by atoms with Crippen LogP contribution in [0.15, 0.2) is 72.5 Å². The van der Waals surface area contributed by atoms with Crippen molar-refractivity contribution in [2.24, 2.45) is 5.92 Å². The minimum absolute atomic E-state index is 0.190. The summed E-state index contributed by atoms with van der Waals surface area (Å²) >= 11 is 1.32. The van der Waals surface area contributed by atoms with Crippen molar-refractivity contribution < 1.29 is 13.5 Å². The van der Waals surface area contributed by atoms with Crippen molar-refractivity contribution in [1.29, 1.82) is 5.41 Å². The molecule has 2 heterocycles. The lowest BCUT2D eigenvalue weighted by Crippen LogP contribution is -2.43. The van der Waals surface area contributed by atoms with E-state index in [9.17, 15) is 8.78 Å². The Balaban J connectivity index is 0.00000210. The molecule has 2 aliphatic heterocycles. The number of para-hydroxylation sites is 1. The van der Waals surface area contributed by atoms with E-state index in [1.165, 1.54) is 43.7 Å². The van der Waals surface area contributed by atoms with E-state index in [2.05, 4.69) is 17.2 Å². The maximum atomic E-state index is 13.9. The average Bonchev–Trinajstić information content (AvgIpc) is 2.87. The fourth-order valence-corrected chi connectivity index (χ4v) is 5.32. The maximum absolute atomic E-state index is 13.9. The summed E-state index contributed by atoms with van der Waals surface area (Å²) in [6, 6.07) is 7.81. The molecule has 4 nitrogen and oxygen atoms in total. The number of halogens is 2. The normalized spacial score (nSPS) is 20.9. The standard InChI is InChI=1S/C26H33F2N3OS.C2H6/c1-19(27)7-10-22(28)11-12-25(29)33-26(15-18-32-24-6-4-3-5-23(24)26)31-20(2)8-9-21-13-16-30-17-14-21;1-2/h3-7,10-12,21,29-31H,2,8-9,13-18H2,1H3;1-2H3/b12-11+,19-7+,22-10+,29-25?;. The molecule has 0 aliphatic carbocycles. The first-order valence-electron chi connectivity index (χ1n) is 12.4. The van der Waals surface area contributed by atoms with Crippen LogP contribution in [-0.4, -0.2) is 24.7 Å². The van der Waals surface area contributed by atoms with Crippen molar-refractivity contribution in [3.63, 3.8) is 0 Å².